The first-order valence-corrected chi connectivity index (χ1v) is 11.4. The molecule has 3 heterocycles. The minimum Gasteiger partial charge on any atom is -0.442 e. The Morgan fingerprint density at radius 3 is 2.75 bits per heavy atom. The first kappa shape index (κ1) is 22.4. The molecule has 0 spiro atoms. The van der Waals surface area contributed by atoms with Crippen LogP contribution in [0.5, 0.6) is 0 Å². The van der Waals surface area contributed by atoms with Gasteiger partial charge in [0.1, 0.15) is 6.10 Å². The van der Waals surface area contributed by atoms with Crippen LogP contribution >= 0.6 is 22.9 Å². The van der Waals surface area contributed by atoms with Gasteiger partial charge < -0.3 is 26.0 Å². The molecule has 0 saturated carbocycles. The topological polar surface area (TPSA) is 117 Å². The Hall–Kier alpha value is -2.82. The van der Waals surface area contributed by atoms with E-state index in [0.717, 1.165) is 18.7 Å². The Balaban J connectivity index is 1.45. The molecule has 4 N–H and O–H groups in total. The summed E-state index contributed by atoms with van der Waals surface area (Å²) in [7, 11) is 0. The second kappa shape index (κ2) is 9.35. The number of halogens is 1. The standard InChI is InChI=1S/C21H24ClN5O4S/c1-12(28)25-16-8-14(2-3-17(16)26-7-6-13(23)10-26)27-11-15(31-21(27)30)9-24-20(29)18-4-5-19(22)32-18/h2-5,8,13,15H,6-7,9-11,23H2,1H3,(H,24,29)(H,25,28). The van der Waals surface area contributed by atoms with Gasteiger partial charge in [0.05, 0.1) is 33.7 Å². The van der Waals surface area contributed by atoms with Gasteiger partial charge in [-0.2, -0.15) is 0 Å². The number of thiophene rings is 1. The molecule has 9 nitrogen and oxygen atoms in total. The van der Waals surface area contributed by atoms with Gasteiger partial charge in [0.15, 0.2) is 0 Å². The van der Waals surface area contributed by atoms with E-state index in [1.54, 1.807) is 18.2 Å². The molecule has 2 aliphatic heterocycles. The zero-order valence-corrected chi connectivity index (χ0v) is 19.0. The molecule has 2 unspecified atom stereocenters. The van der Waals surface area contributed by atoms with Gasteiger partial charge in [0, 0.05) is 31.7 Å². The van der Waals surface area contributed by atoms with Crippen LogP contribution in [0, 0.1) is 0 Å². The van der Waals surface area contributed by atoms with Crippen LogP contribution in [0.4, 0.5) is 21.9 Å². The zero-order chi connectivity index (χ0) is 22.8. The summed E-state index contributed by atoms with van der Waals surface area (Å²) in [6.45, 7) is 3.40. The summed E-state index contributed by atoms with van der Waals surface area (Å²) in [5.74, 6) is -0.470. The predicted molar refractivity (Wildman–Crippen MR) is 125 cm³/mol. The lowest BCUT2D eigenvalue weighted by atomic mass is 10.2. The molecule has 32 heavy (non-hydrogen) atoms. The number of amides is 3. The van der Waals surface area contributed by atoms with Crippen LogP contribution < -0.4 is 26.2 Å². The highest BCUT2D eigenvalue weighted by Crippen LogP contribution is 2.34. The summed E-state index contributed by atoms with van der Waals surface area (Å²) in [4.78, 5) is 40.6. The van der Waals surface area contributed by atoms with Crippen LogP contribution in [0.1, 0.15) is 23.0 Å². The fourth-order valence-corrected chi connectivity index (χ4v) is 4.79. The van der Waals surface area contributed by atoms with Crippen molar-refractivity contribution in [1.82, 2.24) is 5.32 Å². The van der Waals surface area contributed by atoms with Crippen molar-refractivity contribution in [2.24, 2.45) is 5.73 Å². The van der Waals surface area contributed by atoms with Crippen molar-refractivity contribution in [3.8, 4) is 0 Å². The van der Waals surface area contributed by atoms with E-state index < -0.39 is 12.2 Å². The number of nitrogens with zero attached hydrogens (tertiary/aromatic N) is 2. The number of carbonyl (C=O) groups excluding carboxylic acids is 3. The average molecular weight is 478 g/mol. The highest BCUT2D eigenvalue weighted by atomic mass is 35.5. The van der Waals surface area contributed by atoms with Crippen molar-refractivity contribution in [1.29, 1.82) is 0 Å². The lowest BCUT2D eigenvalue weighted by molar-refractivity contribution is -0.114. The lowest BCUT2D eigenvalue weighted by Crippen LogP contribution is -2.34. The van der Waals surface area contributed by atoms with Crippen molar-refractivity contribution >= 4 is 57.9 Å². The first-order valence-electron chi connectivity index (χ1n) is 10.2. The molecule has 3 amide bonds. The third-order valence-corrected chi connectivity index (χ3v) is 6.56. The van der Waals surface area contributed by atoms with Gasteiger partial charge in [-0.1, -0.05) is 11.6 Å². The van der Waals surface area contributed by atoms with Gasteiger partial charge in [0.25, 0.3) is 5.91 Å². The molecule has 4 rings (SSSR count). The quantitative estimate of drug-likeness (QED) is 0.588. The molecule has 2 saturated heterocycles. The summed E-state index contributed by atoms with van der Waals surface area (Å²) in [6.07, 6.45) is -0.124. The second-order valence-corrected chi connectivity index (χ2v) is 9.52. The molecule has 0 radical (unpaired) electrons. The summed E-state index contributed by atoms with van der Waals surface area (Å²) in [6, 6.07) is 8.85. The van der Waals surface area contributed by atoms with E-state index in [0.29, 0.717) is 27.1 Å². The van der Waals surface area contributed by atoms with Gasteiger partial charge in [-0.15, -0.1) is 11.3 Å². The summed E-state index contributed by atoms with van der Waals surface area (Å²) in [5.41, 5.74) is 8.11. The Bertz CT molecular complexity index is 1040. The Labute approximate surface area is 194 Å². The summed E-state index contributed by atoms with van der Waals surface area (Å²) >= 11 is 7.05. The number of carbonyl (C=O) groups is 3. The van der Waals surface area contributed by atoms with Gasteiger partial charge in [-0.05, 0) is 36.8 Å². The molecule has 0 bridgehead atoms. The second-order valence-electron chi connectivity index (χ2n) is 7.81. The number of benzene rings is 1. The van der Waals surface area contributed by atoms with E-state index in [1.165, 1.54) is 23.2 Å². The monoisotopic (exact) mass is 477 g/mol. The van der Waals surface area contributed by atoms with Crippen LogP contribution in [-0.4, -0.2) is 56.2 Å². The third-order valence-electron chi connectivity index (χ3n) is 5.33. The van der Waals surface area contributed by atoms with Crippen molar-refractivity contribution in [3.63, 3.8) is 0 Å². The summed E-state index contributed by atoms with van der Waals surface area (Å²) < 4.78 is 5.95. The van der Waals surface area contributed by atoms with Gasteiger partial charge in [-0.25, -0.2) is 4.79 Å². The zero-order valence-electron chi connectivity index (χ0n) is 17.5. The van der Waals surface area contributed by atoms with Crippen LogP contribution in [0.25, 0.3) is 0 Å². The molecule has 1 aromatic carbocycles. The number of ether oxygens (including phenoxy) is 1. The van der Waals surface area contributed by atoms with Crippen molar-refractivity contribution < 1.29 is 19.1 Å². The largest absolute Gasteiger partial charge is 0.442 e. The maximum Gasteiger partial charge on any atom is 0.414 e. The van der Waals surface area contributed by atoms with Crippen molar-refractivity contribution in [3.05, 3.63) is 39.5 Å². The van der Waals surface area contributed by atoms with Crippen LogP contribution in [0.2, 0.25) is 4.34 Å². The number of rotatable bonds is 6. The fourth-order valence-electron chi connectivity index (χ4n) is 3.83. The molecule has 170 valence electrons. The van der Waals surface area contributed by atoms with E-state index in [4.69, 9.17) is 22.1 Å². The summed E-state index contributed by atoms with van der Waals surface area (Å²) in [5, 5.41) is 5.62. The highest BCUT2D eigenvalue weighted by molar-refractivity contribution is 7.18. The Kier molecular flexibility index (Phi) is 6.54. The van der Waals surface area contributed by atoms with Crippen LogP contribution in [0.3, 0.4) is 0 Å². The maximum absolute atomic E-state index is 12.5. The minimum atomic E-state index is -0.506. The Morgan fingerprint density at radius 1 is 1.28 bits per heavy atom. The van der Waals surface area contributed by atoms with Gasteiger partial charge in [-0.3, -0.25) is 14.5 Å². The van der Waals surface area contributed by atoms with Crippen LogP contribution in [-0.2, 0) is 9.53 Å². The smallest absolute Gasteiger partial charge is 0.414 e. The molecule has 11 heteroatoms. The highest BCUT2D eigenvalue weighted by Gasteiger charge is 2.33. The molecular weight excluding hydrogens is 454 g/mol. The minimum absolute atomic E-state index is 0.0922. The van der Waals surface area contributed by atoms with E-state index in [1.807, 2.05) is 12.1 Å². The van der Waals surface area contributed by atoms with Gasteiger partial charge >= 0.3 is 6.09 Å². The maximum atomic E-state index is 12.5. The number of anilines is 3. The number of hydrogen-bond donors (Lipinski definition) is 3. The lowest BCUT2D eigenvalue weighted by Gasteiger charge is -2.24. The molecule has 0 aliphatic carbocycles. The van der Waals surface area contributed by atoms with Crippen molar-refractivity contribution in [2.75, 3.05) is 41.3 Å². The first-order chi connectivity index (χ1) is 15.3. The van der Waals surface area contributed by atoms with Gasteiger partial charge in [0.2, 0.25) is 5.91 Å². The number of hydrogen-bond acceptors (Lipinski definition) is 7. The van der Waals surface area contributed by atoms with E-state index in [-0.39, 0.29) is 30.9 Å². The predicted octanol–water partition coefficient (Wildman–Crippen LogP) is 2.65. The normalized spacial score (nSPS) is 20.4. The molecule has 1 aromatic heterocycles. The van der Waals surface area contributed by atoms with Crippen molar-refractivity contribution in [2.45, 2.75) is 25.5 Å². The fraction of sp³-hybridized carbons (Fsp3) is 0.381. The molecule has 2 aromatic rings. The number of nitrogens with one attached hydrogen (secondary N) is 2. The van der Waals surface area contributed by atoms with Crippen LogP contribution in [0.15, 0.2) is 30.3 Å². The molecule has 2 atom stereocenters. The van der Waals surface area contributed by atoms with E-state index >= 15 is 0 Å². The molecular formula is C21H24ClN5O4S. The molecule has 2 aliphatic rings. The number of cyclic esters (lactones) is 1. The Morgan fingerprint density at radius 2 is 2.09 bits per heavy atom. The molecule has 2 fully saturated rings. The number of nitrogens with two attached hydrogens (primary N) is 1. The average Bonchev–Trinajstić information content (AvgIpc) is 3.46. The van der Waals surface area contributed by atoms with E-state index in [2.05, 4.69) is 15.5 Å². The van der Waals surface area contributed by atoms with E-state index in [9.17, 15) is 14.4 Å². The SMILES string of the molecule is CC(=O)Nc1cc(N2CC(CNC(=O)c3ccc(Cl)s3)OC2=O)ccc1N1CCC(N)C1. The third kappa shape index (κ3) is 4.98.